The predicted molar refractivity (Wildman–Crippen MR) is 111 cm³/mol. The number of benzene rings is 2. The summed E-state index contributed by atoms with van der Waals surface area (Å²) in [7, 11) is 3.06. The number of ether oxygens (including phenoxy) is 2. The molecule has 0 unspecified atom stereocenters. The second kappa shape index (κ2) is 9.47. The minimum Gasteiger partial charge on any atom is -0.497 e. The molecule has 1 atom stereocenters. The van der Waals surface area contributed by atoms with Crippen molar-refractivity contribution in [1.82, 2.24) is 10.6 Å². The zero-order chi connectivity index (χ0) is 20.8. The third kappa shape index (κ3) is 5.29. The second-order valence-corrected chi connectivity index (χ2v) is 7.65. The van der Waals surface area contributed by atoms with Gasteiger partial charge < -0.3 is 14.8 Å². The van der Waals surface area contributed by atoms with Crippen molar-refractivity contribution < 1.29 is 23.9 Å². The summed E-state index contributed by atoms with van der Waals surface area (Å²) in [4.78, 5) is 35.4. The van der Waals surface area contributed by atoms with Gasteiger partial charge in [-0.2, -0.15) is 0 Å². The highest BCUT2D eigenvalue weighted by molar-refractivity contribution is 8.15. The molecule has 0 saturated carbocycles. The largest absolute Gasteiger partial charge is 0.497 e. The summed E-state index contributed by atoms with van der Waals surface area (Å²) in [5.41, 5.74) is 2.47. The molecule has 0 aliphatic carbocycles. The van der Waals surface area contributed by atoms with Crippen molar-refractivity contribution in [2.45, 2.75) is 18.1 Å². The average Bonchev–Trinajstić information content (AvgIpc) is 3.05. The van der Waals surface area contributed by atoms with E-state index in [0.29, 0.717) is 36.4 Å². The number of carbonyl (C=O) groups is 3. The maximum absolute atomic E-state index is 12.5. The van der Waals surface area contributed by atoms with Gasteiger partial charge in [-0.25, -0.2) is 0 Å². The fraction of sp³-hybridized carbons (Fsp3) is 0.286. The molecule has 0 aromatic heterocycles. The van der Waals surface area contributed by atoms with Crippen LogP contribution in [0.2, 0.25) is 0 Å². The van der Waals surface area contributed by atoms with Crippen LogP contribution in [-0.2, 0) is 17.6 Å². The van der Waals surface area contributed by atoms with Crippen LogP contribution in [0, 0.1) is 0 Å². The highest BCUT2D eigenvalue weighted by Crippen LogP contribution is 2.24. The average molecular weight is 414 g/mol. The standard InChI is InChI=1S/C21H22N2O5S/c1-27-15-7-8-17(28-2)16(12-15)19(24)22-10-9-13-3-5-14(6-4-13)11-18-20(25)23-21(26)29-18/h3-8,12,18H,9-11H2,1-2H3,(H,22,24)(H,23,25,26)/t18-/m1/s1. The van der Waals surface area contributed by atoms with E-state index in [4.69, 9.17) is 9.47 Å². The van der Waals surface area contributed by atoms with Crippen LogP contribution in [-0.4, -0.2) is 43.1 Å². The Balaban J connectivity index is 1.52. The molecule has 1 heterocycles. The van der Waals surface area contributed by atoms with Gasteiger partial charge in [0.05, 0.1) is 25.0 Å². The van der Waals surface area contributed by atoms with Gasteiger partial charge in [-0.1, -0.05) is 36.0 Å². The number of carbonyl (C=O) groups excluding carboxylic acids is 3. The first-order valence-electron chi connectivity index (χ1n) is 9.09. The summed E-state index contributed by atoms with van der Waals surface area (Å²) >= 11 is 1.03. The Morgan fingerprint density at radius 1 is 1.07 bits per heavy atom. The quantitative estimate of drug-likeness (QED) is 0.690. The third-order valence-electron chi connectivity index (χ3n) is 4.56. The van der Waals surface area contributed by atoms with E-state index >= 15 is 0 Å². The normalized spacial score (nSPS) is 15.7. The van der Waals surface area contributed by atoms with Crippen molar-refractivity contribution >= 4 is 28.8 Å². The smallest absolute Gasteiger partial charge is 0.286 e. The monoisotopic (exact) mass is 414 g/mol. The van der Waals surface area contributed by atoms with Crippen LogP contribution in [0.3, 0.4) is 0 Å². The molecule has 0 radical (unpaired) electrons. The molecule has 152 valence electrons. The molecule has 1 saturated heterocycles. The van der Waals surface area contributed by atoms with E-state index in [1.54, 1.807) is 25.3 Å². The number of methoxy groups -OCH3 is 2. The number of imide groups is 1. The lowest BCUT2D eigenvalue weighted by molar-refractivity contribution is -0.118. The van der Waals surface area contributed by atoms with E-state index in [2.05, 4.69) is 10.6 Å². The number of rotatable bonds is 8. The SMILES string of the molecule is COc1ccc(OC)c(C(=O)NCCc2ccc(C[C@H]3SC(=O)NC3=O)cc2)c1. The molecule has 3 rings (SSSR count). The van der Waals surface area contributed by atoms with Gasteiger partial charge in [0.1, 0.15) is 11.5 Å². The fourth-order valence-corrected chi connectivity index (χ4v) is 3.85. The summed E-state index contributed by atoms with van der Waals surface area (Å²) in [5.74, 6) is 0.605. The van der Waals surface area contributed by atoms with Crippen molar-refractivity contribution in [3.8, 4) is 11.5 Å². The molecular weight excluding hydrogens is 392 g/mol. The molecule has 8 heteroatoms. The number of amides is 3. The summed E-state index contributed by atoms with van der Waals surface area (Å²) in [5, 5.41) is 4.52. The van der Waals surface area contributed by atoms with Crippen molar-refractivity contribution in [2.75, 3.05) is 20.8 Å². The van der Waals surface area contributed by atoms with Crippen LogP contribution in [0.5, 0.6) is 11.5 Å². The van der Waals surface area contributed by atoms with Gasteiger partial charge >= 0.3 is 0 Å². The molecule has 2 aromatic rings. The van der Waals surface area contributed by atoms with Gasteiger partial charge in [-0.05, 0) is 42.2 Å². The van der Waals surface area contributed by atoms with Gasteiger partial charge in [0, 0.05) is 6.54 Å². The lowest BCUT2D eigenvalue weighted by Crippen LogP contribution is -2.26. The minimum absolute atomic E-state index is 0.230. The van der Waals surface area contributed by atoms with Crippen LogP contribution < -0.4 is 20.1 Å². The summed E-state index contributed by atoms with van der Waals surface area (Å²) in [6.45, 7) is 0.466. The van der Waals surface area contributed by atoms with E-state index < -0.39 is 0 Å². The highest BCUT2D eigenvalue weighted by atomic mass is 32.2. The van der Waals surface area contributed by atoms with Crippen LogP contribution in [0.1, 0.15) is 21.5 Å². The molecule has 0 spiro atoms. The maximum Gasteiger partial charge on any atom is 0.286 e. The Morgan fingerprint density at radius 2 is 1.79 bits per heavy atom. The van der Waals surface area contributed by atoms with Gasteiger partial charge in [0.2, 0.25) is 5.91 Å². The molecule has 1 fully saturated rings. The van der Waals surface area contributed by atoms with Gasteiger partial charge in [-0.3, -0.25) is 19.7 Å². The Bertz CT molecular complexity index is 914. The molecule has 1 aliphatic rings. The molecule has 1 aliphatic heterocycles. The number of hydrogen-bond donors (Lipinski definition) is 2. The van der Waals surface area contributed by atoms with E-state index in [9.17, 15) is 14.4 Å². The highest BCUT2D eigenvalue weighted by Gasteiger charge is 2.31. The third-order valence-corrected chi connectivity index (χ3v) is 5.54. The van der Waals surface area contributed by atoms with Crippen molar-refractivity contribution in [3.05, 3.63) is 59.2 Å². The van der Waals surface area contributed by atoms with Crippen LogP contribution in [0.25, 0.3) is 0 Å². The number of thioether (sulfide) groups is 1. The molecule has 0 bridgehead atoms. The Hall–Kier alpha value is -3.00. The van der Waals surface area contributed by atoms with Gasteiger partial charge in [-0.15, -0.1) is 0 Å². The molecule has 3 amide bonds. The van der Waals surface area contributed by atoms with Crippen LogP contribution in [0.15, 0.2) is 42.5 Å². The molecule has 2 N–H and O–H groups in total. The van der Waals surface area contributed by atoms with E-state index in [-0.39, 0.29) is 22.3 Å². The van der Waals surface area contributed by atoms with Crippen molar-refractivity contribution in [2.24, 2.45) is 0 Å². The molecule has 7 nitrogen and oxygen atoms in total. The lowest BCUT2D eigenvalue weighted by Gasteiger charge is -2.11. The summed E-state index contributed by atoms with van der Waals surface area (Å²) in [6.07, 6.45) is 1.17. The zero-order valence-electron chi connectivity index (χ0n) is 16.2. The van der Waals surface area contributed by atoms with E-state index in [1.165, 1.54) is 7.11 Å². The van der Waals surface area contributed by atoms with E-state index in [0.717, 1.165) is 22.9 Å². The van der Waals surface area contributed by atoms with E-state index in [1.807, 2.05) is 24.3 Å². The Labute approximate surface area is 173 Å². The van der Waals surface area contributed by atoms with Crippen molar-refractivity contribution in [1.29, 1.82) is 0 Å². The summed E-state index contributed by atoms with van der Waals surface area (Å²) < 4.78 is 10.4. The second-order valence-electron chi connectivity index (χ2n) is 6.48. The summed E-state index contributed by atoms with van der Waals surface area (Å²) in [6, 6.07) is 12.9. The van der Waals surface area contributed by atoms with Crippen LogP contribution >= 0.6 is 11.8 Å². The molecule has 29 heavy (non-hydrogen) atoms. The fourth-order valence-electron chi connectivity index (χ4n) is 2.99. The molecule has 2 aromatic carbocycles. The molecular formula is C21H22N2O5S. The first-order chi connectivity index (χ1) is 14.0. The first-order valence-corrected chi connectivity index (χ1v) is 9.97. The Morgan fingerprint density at radius 3 is 2.41 bits per heavy atom. The van der Waals surface area contributed by atoms with Gasteiger partial charge in [0.25, 0.3) is 11.1 Å². The Kier molecular flexibility index (Phi) is 6.77. The minimum atomic E-state index is -0.370. The van der Waals surface area contributed by atoms with Crippen LogP contribution in [0.4, 0.5) is 4.79 Å². The lowest BCUT2D eigenvalue weighted by atomic mass is 10.1. The van der Waals surface area contributed by atoms with Crippen molar-refractivity contribution in [3.63, 3.8) is 0 Å². The van der Waals surface area contributed by atoms with Gasteiger partial charge in [0.15, 0.2) is 0 Å². The topological polar surface area (TPSA) is 93.7 Å². The maximum atomic E-state index is 12.5. The predicted octanol–water partition coefficient (Wildman–Crippen LogP) is 2.57. The number of nitrogens with one attached hydrogen (secondary N) is 2. The number of hydrogen-bond acceptors (Lipinski definition) is 6. The zero-order valence-corrected chi connectivity index (χ0v) is 17.0. The first kappa shape index (κ1) is 20.7.